The Morgan fingerprint density at radius 1 is 1.37 bits per heavy atom. The van der Waals surface area contributed by atoms with Crippen molar-refractivity contribution in [3.63, 3.8) is 0 Å². The number of hydrogen-bond donors (Lipinski definition) is 3. The Balaban J connectivity index is 2.08. The van der Waals surface area contributed by atoms with Gasteiger partial charge in [0.25, 0.3) is 0 Å². The van der Waals surface area contributed by atoms with E-state index >= 15 is 0 Å². The summed E-state index contributed by atoms with van der Waals surface area (Å²) in [7, 11) is -3.76. The van der Waals surface area contributed by atoms with Gasteiger partial charge in [-0.05, 0) is 58.7 Å². The first kappa shape index (κ1) is 23.9. The lowest BCUT2D eigenvalue weighted by molar-refractivity contribution is 0.0489. The van der Waals surface area contributed by atoms with Crippen LogP contribution in [0.2, 0.25) is 0 Å². The molecule has 1 fully saturated rings. The average Bonchev–Trinajstić information content (AvgIpc) is 2.66. The zero-order chi connectivity index (χ0) is 22.5. The second kappa shape index (κ2) is 9.64. The maximum absolute atomic E-state index is 13.1. The molecule has 30 heavy (non-hydrogen) atoms. The van der Waals surface area contributed by atoms with Crippen LogP contribution in [-0.2, 0) is 14.8 Å². The topological polar surface area (TPSA) is 132 Å². The van der Waals surface area contributed by atoms with Crippen molar-refractivity contribution in [3.05, 3.63) is 23.8 Å². The summed E-state index contributed by atoms with van der Waals surface area (Å²) in [5, 5.41) is 24.2. The third kappa shape index (κ3) is 6.32. The fraction of sp³-hybridized carbons (Fsp3) is 0.600. The molecule has 1 saturated heterocycles. The van der Waals surface area contributed by atoms with E-state index in [4.69, 9.17) is 4.74 Å². The van der Waals surface area contributed by atoms with Gasteiger partial charge in [0, 0.05) is 25.2 Å². The van der Waals surface area contributed by atoms with Gasteiger partial charge >= 0.3 is 6.09 Å². The summed E-state index contributed by atoms with van der Waals surface area (Å²) in [6.45, 7) is 7.44. The van der Waals surface area contributed by atoms with E-state index in [2.05, 4.69) is 10.6 Å². The summed E-state index contributed by atoms with van der Waals surface area (Å²) >= 11 is 0. The number of benzene rings is 1. The summed E-state index contributed by atoms with van der Waals surface area (Å²) in [5.41, 5.74) is 0.0688. The number of ether oxygens (including phenoxy) is 1. The number of hydrogen-bond acceptors (Lipinski definition) is 7. The van der Waals surface area contributed by atoms with Crippen LogP contribution in [0.15, 0.2) is 23.1 Å². The van der Waals surface area contributed by atoms with Gasteiger partial charge in [-0.25, -0.2) is 13.2 Å². The Morgan fingerprint density at radius 3 is 2.53 bits per heavy atom. The van der Waals surface area contributed by atoms with Crippen LogP contribution >= 0.6 is 0 Å². The molecule has 0 unspecified atom stereocenters. The molecule has 0 saturated carbocycles. The zero-order valence-corrected chi connectivity index (χ0v) is 18.6. The van der Waals surface area contributed by atoms with Gasteiger partial charge in [0.2, 0.25) is 10.0 Å². The molecule has 166 valence electrons. The maximum atomic E-state index is 13.1. The van der Waals surface area contributed by atoms with E-state index in [1.807, 2.05) is 6.07 Å². The van der Waals surface area contributed by atoms with E-state index in [1.54, 1.807) is 27.7 Å². The van der Waals surface area contributed by atoms with Crippen molar-refractivity contribution in [1.29, 1.82) is 5.26 Å². The van der Waals surface area contributed by atoms with E-state index < -0.39 is 21.7 Å². The molecule has 0 aromatic heterocycles. The number of alkyl carbamates (subject to hydrolysis) is 1. The van der Waals surface area contributed by atoms with Crippen LogP contribution in [0.4, 0.5) is 10.5 Å². The molecule has 1 aromatic rings. The van der Waals surface area contributed by atoms with Crippen LogP contribution in [0.25, 0.3) is 0 Å². The van der Waals surface area contributed by atoms with Crippen LogP contribution < -0.4 is 10.6 Å². The lowest BCUT2D eigenvalue weighted by Crippen LogP contribution is -2.47. The summed E-state index contributed by atoms with van der Waals surface area (Å²) in [6, 6.07) is 5.82. The van der Waals surface area contributed by atoms with E-state index in [-0.39, 0.29) is 36.7 Å². The first-order valence-corrected chi connectivity index (χ1v) is 11.3. The number of carbonyl (C=O) groups is 1. The van der Waals surface area contributed by atoms with Crippen LogP contribution in [-0.4, -0.2) is 61.3 Å². The molecule has 1 aliphatic rings. The summed E-state index contributed by atoms with van der Waals surface area (Å²) in [5.74, 6) is 0. The number of amides is 1. The Kier molecular flexibility index (Phi) is 7.69. The molecule has 1 aliphatic heterocycles. The Morgan fingerprint density at radius 2 is 2.00 bits per heavy atom. The monoisotopic (exact) mass is 438 g/mol. The largest absolute Gasteiger partial charge is 0.444 e. The van der Waals surface area contributed by atoms with Crippen LogP contribution in [0.5, 0.6) is 0 Å². The molecule has 1 aromatic carbocycles. The molecule has 3 N–H and O–H groups in total. The highest BCUT2D eigenvalue weighted by molar-refractivity contribution is 7.89. The molecular formula is C20H30N4O5S. The molecule has 1 atom stereocenters. The van der Waals surface area contributed by atoms with E-state index in [1.165, 1.54) is 22.5 Å². The van der Waals surface area contributed by atoms with Crippen LogP contribution in [0, 0.1) is 11.3 Å². The van der Waals surface area contributed by atoms with E-state index in [9.17, 15) is 23.6 Å². The first-order chi connectivity index (χ1) is 14.0. The van der Waals surface area contributed by atoms with Gasteiger partial charge in [-0.2, -0.15) is 9.57 Å². The standard InChI is InChI=1S/C20H30N4O5S/c1-14(13-25)22-18-11-17(6-5-15(18)12-21)30(27,28)24-9-7-16(8-10-24)23-19(26)29-20(2,3)4/h5-6,11,14,16,22,25H,7-10,13H2,1-4H3,(H,23,26)/t14-/m1/s1. The number of nitrogens with one attached hydrogen (secondary N) is 2. The highest BCUT2D eigenvalue weighted by Gasteiger charge is 2.31. The van der Waals surface area contributed by atoms with Gasteiger partial charge < -0.3 is 20.5 Å². The Bertz CT molecular complexity index is 897. The molecule has 0 bridgehead atoms. The normalized spacial score (nSPS) is 17.1. The summed E-state index contributed by atoms with van der Waals surface area (Å²) < 4.78 is 32.8. The van der Waals surface area contributed by atoms with Crippen molar-refractivity contribution in [1.82, 2.24) is 9.62 Å². The maximum Gasteiger partial charge on any atom is 0.407 e. The van der Waals surface area contributed by atoms with Crippen molar-refractivity contribution in [2.24, 2.45) is 0 Å². The van der Waals surface area contributed by atoms with Gasteiger partial charge in [-0.1, -0.05) is 0 Å². The van der Waals surface area contributed by atoms with Gasteiger partial charge in [0.05, 0.1) is 22.8 Å². The van der Waals surface area contributed by atoms with E-state index in [0.29, 0.717) is 24.1 Å². The minimum atomic E-state index is -3.76. The zero-order valence-electron chi connectivity index (χ0n) is 17.8. The second-order valence-corrected chi connectivity index (χ2v) is 10.3. The van der Waals surface area contributed by atoms with Crippen LogP contribution in [0.3, 0.4) is 0 Å². The third-order valence-corrected chi connectivity index (χ3v) is 6.49. The lowest BCUT2D eigenvalue weighted by Gasteiger charge is -2.32. The lowest BCUT2D eigenvalue weighted by atomic mass is 10.1. The summed E-state index contributed by atoms with van der Waals surface area (Å²) in [6.07, 6.45) is 0.438. The SMILES string of the molecule is C[C@H](CO)Nc1cc(S(=O)(=O)N2CCC(NC(=O)OC(C)(C)C)CC2)ccc1C#N. The Hall–Kier alpha value is -2.35. The molecule has 1 heterocycles. The molecule has 9 nitrogen and oxygen atoms in total. The molecule has 10 heteroatoms. The van der Waals surface area contributed by atoms with Crippen molar-refractivity contribution >= 4 is 21.8 Å². The number of nitriles is 1. The van der Waals surface area contributed by atoms with Crippen LogP contribution in [0.1, 0.15) is 46.1 Å². The predicted molar refractivity (Wildman–Crippen MR) is 112 cm³/mol. The number of rotatable bonds is 6. The minimum absolute atomic E-state index is 0.0766. The number of nitrogens with zero attached hydrogens (tertiary/aromatic N) is 2. The van der Waals surface area contributed by atoms with Crippen molar-refractivity contribution in [2.75, 3.05) is 25.0 Å². The number of carbonyl (C=O) groups excluding carboxylic acids is 1. The average molecular weight is 439 g/mol. The smallest absolute Gasteiger partial charge is 0.407 e. The fourth-order valence-corrected chi connectivity index (χ4v) is 4.57. The molecule has 0 aliphatic carbocycles. The van der Waals surface area contributed by atoms with Gasteiger partial charge in [-0.15, -0.1) is 0 Å². The second-order valence-electron chi connectivity index (χ2n) is 8.37. The van der Waals surface area contributed by atoms with Gasteiger partial charge in [0.1, 0.15) is 11.7 Å². The molecule has 1 amide bonds. The highest BCUT2D eigenvalue weighted by atomic mass is 32.2. The third-order valence-electron chi connectivity index (χ3n) is 4.60. The van der Waals surface area contributed by atoms with Gasteiger partial charge in [-0.3, -0.25) is 0 Å². The number of aliphatic hydroxyl groups excluding tert-OH is 1. The highest BCUT2D eigenvalue weighted by Crippen LogP contribution is 2.26. The molecule has 0 radical (unpaired) electrons. The quantitative estimate of drug-likeness (QED) is 0.619. The minimum Gasteiger partial charge on any atom is -0.444 e. The number of anilines is 1. The first-order valence-electron chi connectivity index (χ1n) is 9.87. The molecule has 2 rings (SSSR count). The van der Waals surface area contributed by atoms with Gasteiger partial charge in [0.15, 0.2) is 0 Å². The Labute approximate surface area is 178 Å². The number of piperidine rings is 1. The summed E-state index contributed by atoms with van der Waals surface area (Å²) in [4.78, 5) is 12.0. The van der Waals surface area contributed by atoms with Crippen molar-refractivity contribution in [2.45, 2.75) is 63.1 Å². The number of sulfonamides is 1. The molecule has 0 spiro atoms. The predicted octanol–water partition coefficient (Wildman–Crippen LogP) is 2.03. The van der Waals surface area contributed by atoms with Crippen molar-refractivity contribution < 1.29 is 23.1 Å². The number of aliphatic hydroxyl groups is 1. The van der Waals surface area contributed by atoms with E-state index in [0.717, 1.165) is 0 Å². The fourth-order valence-electron chi connectivity index (χ4n) is 3.08. The van der Waals surface area contributed by atoms with Crippen molar-refractivity contribution in [3.8, 4) is 6.07 Å². The molecular weight excluding hydrogens is 408 g/mol.